The zero-order valence-electron chi connectivity index (χ0n) is 9.04. The van der Waals surface area contributed by atoms with E-state index in [2.05, 4.69) is 5.32 Å². The van der Waals surface area contributed by atoms with E-state index in [1.165, 1.54) is 23.9 Å². The van der Waals surface area contributed by atoms with Crippen LogP contribution < -0.4 is 10.9 Å². The number of pyridine rings is 1. The molecule has 17 heavy (non-hydrogen) atoms. The number of hydrogen-bond donors (Lipinski definition) is 1. The van der Waals surface area contributed by atoms with Crippen molar-refractivity contribution in [3.63, 3.8) is 0 Å². The second-order valence-corrected chi connectivity index (χ2v) is 3.49. The molecule has 0 aliphatic carbocycles. The van der Waals surface area contributed by atoms with Crippen LogP contribution in [0.5, 0.6) is 0 Å². The number of rotatable bonds is 3. The van der Waals surface area contributed by atoms with Crippen LogP contribution in [0.4, 0.5) is 13.2 Å². The van der Waals surface area contributed by atoms with Crippen molar-refractivity contribution in [3.05, 3.63) is 34.2 Å². The maximum Gasteiger partial charge on any atom is 0.390 e. The Bertz CT molecular complexity index is 465. The quantitative estimate of drug-likeness (QED) is 0.869. The van der Waals surface area contributed by atoms with Gasteiger partial charge >= 0.3 is 6.18 Å². The summed E-state index contributed by atoms with van der Waals surface area (Å²) in [5, 5.41) is 2.10. The van der Waals surface area contributed by atoms with Gasteiger partial charge in [0.15, 0.2) is 0 Å². The molecule has 0 fully saturated rings. The average Bonchev–Trinajstić information content (AvgIpc) is 2.20. The van der Waals surface area contributed by atoms with Crippen LogP contribution in [-0.2, 0) is 7.05 Å². The highest BCUT2D eigenvalue weighted by Crippen LogP contribution is 2.18. The third-order valence-electron chi connectivity index (χ3n) is 2.06. The molecule has 1 aromatic heterocycles. The van der Waals surface area contributed by atoms with Gasteiger partial charge < -0.3 is 9.88 Å². The Morgan fingerprint density at radius 3 is 2.65 bits per heavy atom. The van der Waals surface area contributed by atoms with E-state index in [-0.39, 0.29) is 5.56 Å². The number of carbonyl (C=O) groups is 1. The Labute approximate surface area is 95.1 Å². The third-order valence-corrected chi connectivity index (χ3v) is 2.06. The number of alkyl halides is 3. The molecule has 0 aliphatic rings. The maximum atomic E-state index is 11.8. The van der Waals surface area contributed by atoms with Gasteiger partial charge in [0.2, 0.25) is 0 Å². The molecule has 0 atom stereocenters. The number of nitrogens with one attached hydrogen (secondary N) is 1. The monoisotopic (exact) mass is 248 g/mol. The van der Waals surface area contributed by atoms with Crippen molar-refractivity contribution >= 4 is 5.91 Å². The van der Waals surface area contributed by atoms with Gasteiger partial charge in [-0.2, -0.15) is 13.2 Å². The normalized spacial score (nSPS) is 11.3. The van der Waals surface area contributed by atoms with Crippen molar-refractivity contribution in [3.8, 4) is 0 Å². The SMILES string of the molecule is Cn1ccc(C(=O)NCCC(F)(F)F)cc1=O. The molecule has 94 valence electrons. The van der Waals surface area contributed by atoms with Crippen LogP contribution in [0.15, 0.2) is 23.1 Å². The Morgan fingerprint density at radius 2 is 2.12 bits per heavy atom. The van der Waals surface area contributed by atoms with E-state index in [0.29, 0.717) is 0 Å². The zero-order chi connectivity index (χ0) is 13.1. The second-order valence-electron chi connectivity index (χ2n) is 3.49. The second kappa shape index (κ2) is 5.03. The Kier molecular flexibility index (Phi) is 3.93. The van der Waals surface area contributed by atoms with Gasteiger partial charge in [0.1, 0.15) is 0 Å². The van der Waals surface area contributed by atoms with Crippen molar-refractivity contribution in [2.75, 3.05) is 6.54 Å². The molecule has 0 aromatic carbocycles. The van der Waals surface area contributed by atoms with E-state index in [9.17, 15) is 22.8 Å². The summed E-state index contributed by atoms with van der Waals surface area (Å²) >= 11 is 0. The molecule has 0 saturated heterocycles. The van der Waals surface area contributed by atoms with Crippen molar-refractivity contribution in [1.29, 1.82) is 0 Å². The number of hydrogen-bond acceptors (Lipinski definition) is 2. The maximum absolute atomic E-state index is 11.8. The van der Waals surface area contributed by atoms with Gasteiger partial charge in [0.05, 0.1) is 6.42 Å². The number of carbonyl (C=O) groups excluding carboxylic acids is 1. The van der Waals surface area contributed by atoms with E-state index in [1.54, 1.807) is 0 Å². The molecule has 0 aliphatic heterocycles. The smallest absolute Gasteiger partial charge is 0.352 e. The number of nitrogens with zero attached hydrogens (tertiary/aromatic N) is 1. The van der Waals surface area contributed by atoms with E-state index in [4.69, 9.17) is 0 Å². The molecule has 1 amide bonds. The van der Waals surface area contributed by atoms with Crippen LogP contribution in [0.1, 0.15) is 16.8 Å². The minimum atomic E-state index is -4.31. The number of halogens is 3. The average molecular weight is 248 g/mol. The molecule has 0 unspecified atom stereocenters. The van der Waals surface area contributed by atoms with Crippen LogP contribution >= 0.6 is 0 Å². The van der Waals surface area contributed by atoms with Crippen LogP contribution in [0, 0.1) is 0 Å². The lowest BCUT2D eigenvalue weighted by Crippen LogP contribution is -2.29. The number of aryl methyl sites for hydroxylation is 1. The highest BCUT2D eigenvalue weighted by molar-refractivity contribution is 5.93. The first-order valence-corrected chi connectivity index (χ1v) is 4.81. The topological polar surface area (TPSA) is 51.1 Å². The van der Waals surface area contributed by atoms with E-state index in [1.807, 2.05) is 0 Å². The minimum Gasteiger partial charge on any atom is -0.352 e. The standard InChI is InChI=1S/C10H11F3N2O2/c1-15-5-2-7(6-8(15)16)9(17)14-4-3-10(11,12)13/h2,5-6H,3-4H2,1H3,(H,14,17). The van der Waals surface area contributed by atoms with Crippen molar-refractivity contribution in [2.24, 2.45) is 7.05 Å². The predicted octanol–water partition coefficient (Wildman–Crippen LogP) is 1.07. The van der Waals surface area contributed by atoms with Gasteiger partial charge in [0, 0.05) is 31.4 Å². The summed E-state index contributed by atoms with van der Waals surface area (Å²) < 4.78 is 36.7. The molecule has 1 rings (SSSR count). The molecule has 0 saturated carbocycles. The summed E-state index contributed by atoms with van der Waals surface area (Å²) in [5.41, 5.74) is -0.344. The van der Waals surface area contributed by atoms with Gasteiger partial charge in [-0.25, -0.2) is 0 Å². The fourth-order valence-corrected chi connectivity index (χ4v) is 1.11. The molecule has 1 heterocycles. The minimum absolute atomic E-state index is 0.0512. The molecule has 0 spiro atoms. The number of amides is 1. The highest BCUT2D eigenvalue weighted by Gasteiger charge is 2.26. The van der Waals surface area contributed by atoms with Crippen LogP contribution in [0.2, 0.25) is 0 Å². The van der Waals surface area contributed by atoms with Gasteiger partial charge in [-0.15, -0.1) is 0 Å². The van der Waals surface area contributed by atoms with Crippen molar-refractivity contribution in [2.45, 2.75) is 12.6 Å². The molecule has 4 nitrogen and oxygen atoms in total. The molecule has 1 N–H and O–H groups in total. The lowest BCUT2D eigenvalue weighted by Gasteiger charge is -2.07. The molecular weight excluding hydrogens is 237 g/mol. The summed E-state index contributed by atoms with van der Waals surface area (Å²) in [6, 6.07) is 2.44. The highest BCUT2D eigenvalue weighted by atomic mass is 19.4. The third kappa shape index (κ3) is 4.29. The fraction of sp³-hybridized carbons (Fsp3) is 0.400. The van der Waals surface area contributed by atoms with Gasteiger partial charge in [-0.05, 0) is 6.07 Å². The van der Waals surface area contributed by atoms with Gasteiger partial charge in [-0.3, -0.25) is 9.59 Å². The van der Waals surface area contributed by atoms with Crippen LogP contribution in [-0.4, -0.2) is 23.2 Å². The zero-order valence-corrected chi connectivity index (χ0v) is 9.04. The Hall–Kier alpha value is -1.79. The lowest BCUT2D eigenvalue weighted by molar-refractivity contribution is -0.132. The Balaban J connectivity index is 2.59. The van der Waals surface area contributed by atoms with Gasteiger partial charge in [0.25, 0.3) is 11.5 Å². The lowest BCUT2D eigenvalue weighted by atomic mass is 10.2. The van der Waals surface area contributed by atoms with E-state index in [0.717, 1.165) is 6.07 Å². The Morgan fingerprint density at radius 1 is 1.47 bits per heavy atom. The van der Waals surface area contributed by atoms with Crippen molar-refractivity contribution < 1.29 is 18.0 Å². The first-order chi connectivity index (χ1) is 7.79. The largest absolute Gasteiger partial charge is 0.390 e. The first-order valence-electron chi connectivity index (χ1n) is 4.81. The van der Waals surface area contributed by atoms with Crippen LogP contribution in [0.25, 0.3) is 0 Å². The summed E-state index contributed by atoms with van der Waals surface area (Å²) in [7, 11) is 1.51. The molecule has 7 heteroatoms. The summed E-state index contributed by atoms with van der Waals surface area (Å²) in [5.74, 6) is -0.688. The van der Waals surface area contributed by atoms with Gasteiger partial charge in [-0.1, -0.05) is 0 Å². The predicted molar refractivity (Wildman–Crippen MR) is 54.7 cm³/mol. The summed E-state index contributed by atoms with van der Waals surface area (Å²) in [4.78, 5) is 22.5. The van der Waals surface area contributed by atoms with E-state index >= 15 is 0 Å². The summed E-state index contributed by atoms with van der Waals surface area (Å²) in [6.07, 6.45) is -4.02. The van der Waals surface area contributed by atoms with Crippen LogP contribution in [0.3, 0.4) is 0 Å². The summed E-state index contributed by atoms with van der Waals surface area (Å²) in [6.45, 7) is -0.502. The molecule has 0 radical (unpaired) electrons. The first kappa shape index (κ1) is 13.3. The van der Waals surface area contributed by atoms with E-state index < -0.39 is 30.6 Å². The molecular formula is C10H11F3N2O2. The van der Waals surface area contributed by atoms with Crippen molar-refractivity contribution in [1.82, 2.24) is 9.88 Å². The number of aromatic nitrogens is 1. The molecule has 0 bridgehead atoms. The fourth-order valence-electron chi connectivity index (χ4n) is 1.11. The molecule has 1 aromatic rings.